The van der Waals surface area contributed by atoms with Crippen LogP contribution in [0, 0.1) is 0 Å². The van der Waals surface area contributed by atoms with Gasteiger partial charge in [0.1, 0.15) is 0 Å². The highest BCUT2D eigenvalue weighted by Crippen LogP contribution is 2.14. The molecule has 1 heterocycles. The number of aliphatic carboxylic acids is 1. The van der Waals surface area contributed by atoms with Crippen molar-refractivity contribution in [1.82, 2.24) is 15.5 Å². The number of carboxylic acid groups (broad SMARTS) is 1. The SMILES string of the molecule is COC(CNC(=O)c1cc(Cl)nnc1Cl)C(=O)O. The standard InChI is InChI=1S/C9H9Cl2N3O4/c1-18-5(9(16)17)3-12-8(15)4-2-6(10)13-14-7(4)11/h2,5H,3H2,1H3,(H,12,15)(H,16,17). The predicted octanol–water partition coefficient (Wildman–Crippen LogP) is 0.613. The van der Waals surface area contributed by atoms with Crippen LogP contribution in [0.3, 0.4) is 0 Å². The first-order valence-corrected chi connectivity index (χ1v) is 5.43. The second-order valence-corrected chi connectivity index (χ2v) is 3.89. The van der Waals surface area contributed by atoms with Crippen molar-refractivity contribution in [2.45, 2.75) is 6.10 Å². The highest BCUT2D eigenvalue weighted by molar-refractivity contribution is 6.34. The molecule has 1 unspecified atom stereocenters. The summed E-state index contributed by atoms with van der Waals surface area (Å²) in [5, 5.41) is 17.8. The first-order chi connectivity index (χ1) is 8.45. The zero-order chi connectivity index (χ0) is 13.7. The number of carboxylic acids is 1. The molecule has 18 heavy (non-hydrogen) atoms. The van der Waals surface area contributed by atoms with Crippen LogP contribution < -0.4 is 5.32 Å². The van der Waals surface area contributed by atoms with Crippen LogP contribution in [0.2, 0.25) is 10.3 Å². The molecule has 0 saturated carbocycles. The van der Waals surface area contributed by atoms with Gasteiger partial charge in [0.2, 0.25) is 0 Å². The van der Waals surface area contributed by atoms with Gasteiger partial charge < -0.3 is 15.2 Å². The summed E-state index contributed by atoms with van der Waals surface area (Å²) in [6, 6.07) is 1.23. The number of hydrogen-bond acceptors (Lipinski definition) is 5. The van der Waals surface area contributed by atoms with Crippen LogP contribution in [0.15, 0.2) is 6.07 Å². The lowest BCUT2D eigenvalue weighted by Gasteiger charge is -2.11. The van der Waals surface area contributed by atoms with Gasteiger partial charge in [-0.2, -0.15) is 0 Å². The van der Waals surface area contributed by atoms with E-state index in [9.17, 15) is 9.59 Å². The van der Waals surface area contributed by atoms with Crippen LogP contribution in [0.5, 0.6) is 0 Å². The molecule has 1 aromatic rings. The van der Waals surface area contributed by atoms with Gasteiger partial charge in [0, 0.05) is 7.11 Å². The molecule has 0 radical (unpaired) electrons. The zero-order valence-electron chi connectivity index (χ0n) is 9.18. The molecule has 0 aromatic carbocycles. The smallest absolute Gasteiger partial charge is 0.334 e. The number of nitrogens with zero attached hydrogens (tertiary/aromatic N) is 2. The van der Waals surface area contributed by atoms with Crippen LogP contribution in [-0.2, 0) is 9.53 Å². The molecule has 98 valence electrons. The highest BCUT2D eigenvalue weighted by Gasteiger charge is 2.19. The maximum atomic E-state index is 11.7. The maximum Gasteiger partial charge on any atom is 0.334 e. The summed E-state index contributed by atoms with van der Waals surface area (Å²) in [6.07, 6.45) is -1.14. The van der Waals surface area contributed by atoms with Gasteiger partial charge in [-0.15, -0.1) is 10.2 Å². The minimum Gasteiger partial charge on any atom is -0.479 e. The van der Waals surface area contributed by atoms with E-state index >= 15 is 0 Å². The van der Waals surface area contributed by atoms with Crippen LogP contribution in [-0.4, -0.2) is 46.9 Å². The maximum absolute atomic E-state index is 11.7. The first kappa shape index (κ1) is 14.6. The highest BCUT2D eigenvalue weighted by atomic mass is 35.5. The van der Waals surface area contributed by atoms with Gasteiger partial charge in [-0.1, -0.05) is 23.2 Å². The van der Waals surface area contributed by atoms with E-state index in [1.54, 1.807) is 0 Å². The molecule has 1 aromatic heterocycles. The molecule has 0 spiro atoms. The molecule has 1 atom stereocenters. The van der Waals surface area contributed by atoms with Gasteiger partial charge in [-0.05, 0) is 6.07 Å². The number of hydrogen-bond donors (Lipinski definition) is 2. The number of amides is 1. The normalized spacial score (nSPS) is 11.9. The number of aromatic nitrogens is 2. The van der Waals surface area contributed by atoms with Crippen LogP contribution in [0.4, 0.5) is 0 Å². The second-order valence-electron chi connectivity index (χ2n) is 3.14. The Hall–Kier alpha value is -1.44. The molecule has 7 nitrogen and oxygen atoms in total. The molecule has 1 rings (SSSR count). The molecular weight excluding hydrogens is 285 g/mol. The average molecular weight is 294 g/mol. The van der Waals surface area contributed by atoms with E-state index in [1.165, 1.54) is 13.2 Å². The Bertz CT molecular complexity index is 469. The van der Waals surface area contributed by atoms with Crippen molar-refractivity contribution in [2.24, 2.45) is 0 Å². The lowest BCUT2D eigenvalue weighted by molar-refractivity contribution is -0.148. The summed E-state index contributed by atoms with van der Waals surface area (Å²) in [6.45, 7) is -0.207. The number of ether oxygens (including phenoxy) is 1. The number of carbonyl (C=O) groups excluding carboxylic acids is 1. The van der Waals surface area contributed by atoms with Crippen molar-refractivity contribution in [1.29, 1.82) is 0 Å². The Morgan fingerprint density at radius 2 is 2.17 bits per heavy atom. The fourth-order valence-electron chi connectivity index (χ4n) is 1.06. The third-order valence-electron chi connectivity index (χ3n) is 1.97. The van der Waals surface area contributed by atoms with Crippen molar-refractivity contribution < 1.29 is 19.4 Å². The fourth-order valence-corrected chi connectivity index (χ4v) is 1.39. The fraction of sp³-hybridized carbons (Fsp3) is 0.333. The second kappa shape index (κ2) is 6.48. The van der Waals surface area contributed by atoms with Crippen LogP contribution in [0.25, 0.3) is 0 Å². The van der Waals surface area contributed by atoms with E-state index < -0.39 is 18.0 Å². The quantitative estimate of drug-likeness (QED) is 0.825. The molecule has 0 aliphatic rings. The van der Waals surface area contributed by atoms with E-state index in [4.69, 9.17) is 28.3 Å². The van der Waals surface area contributed by atoms with Gasteiger partial charge >= 0.3 is 5.97 Å². The molecule has 0 saturated heterocycles. The van der Waals surface area contributed by atoms with Gasteiger partial charge in [0.05, 0.1) is 12.1 Å². The number of halogens is 2. The Morgan fingerprint density at radius 3 is 2.72 bits per heavy atom. The molecule has 9 heteroatoms. The van der Waals surface area contributed by atoms with E-state index in [-0.39, 0.29) is 22.4 Å². The summed E-state index contributed by atoms with van der Waals surface area (Å²) >= 11 is 11.2. The van der Waals surface area contributed by atoms with Gasteiger partial charge in [0.15, 0.2) is 16.4 Å². The number of carbonyl (C=O) groups is 2. The largest absolute Gasteiger partial charge is 0.479 e. The van der Waals surface area contributed by atoms with Crippen LogP contribution in [0.1, 0.15) is 10.4 Å². The topological polar surface area (TPSA) is 101 Å². The first-order valence-electron chi connectivity index (χ1n) is 4.68. The summed E-state index contributed by atoms with van der Waals surface area (Å²) in [4.78, 5) is 22.3. The summed E-state index contributed by atoms with van der Waals surface area (Å²) in [7, 11) is 1.22. The van der Waals surface area contributed by atoms with Crippen molar-refractivity contribution in [3.8, 4) is 0 Å². The molecule has 2 N–H and O–H groups in total. The minimum atomic E-state index is -1.19. The predicted molar refractivity (Wildman–Crippen MR) is 62.8 cm³/mol. The number of rotatable bonds is 5. The van der Waals surface area contributed by atoms with E-state index in [1.807, 2.05) is 0 Å². The monoisotopic (exact) mass is 293 g/mol. The van der Waals surface area contributed by atoms with Gasteiger partial charge in [-0.3, -0.25) is 4.79 Å². The van der Waals surface area contributed by atoms with Gasteiger partial charge in [0.25, 0.3) is 5.91 Å². The Balaban J connectivity index is 2.71. The average Bonchev–Trinajstić information content (AvgIpc) is 2.32. The third kappa shape index (κ3) is 3.80. The molecular formula is C9H9Cl2N3O4. The molecule has 0 fully saturated rings. The Labute approximate surface area is 112 Å². The van der Waals surface area contributed by atoms with Crippen molar-refractivity contribution in [3.05, 3.63) is 21.9 Å². The molecule has 0 bridgehead atoms. The lowest BCUT2D eigenvalue weighted by Crippen LogP contribution is -2.38. The van der Waals surface area contributed by atoms with E-state index in [0.717, 1.165) is 0 Å². The summed E-state index contributed by atoms with van der Waals surface area (Å²) in [5.74, 6) is -1.80. The van der Waals surface area contributed by atoms with Crippen molar-refractivity contribution >= 4 is 35.1 Å². The van der Waals surface area contributed by atoms with Crippen molar-refractivity contribution in [2.75, 3.05) is 13.7 Å². The van der Waals surface area contributed by atoms with Crippen LogP contribution >= 0.6 is 23.2 Å². The Kier molecular flexibility index (Phi) is 5.26. The number of nitrogens with one attached hydrogen (secondary N) is 1. The molecule has 1 amide bonds. The van der Waals surface area contributed by atoms with E-state index in [2.05, 4.69) is 20.3 Å². The summed E-state index contributed by atoms with van der Waals surface area (Å²) in [5.41, 5.74) is 0.0110. The molecule has 0 aliphatic heterocycles. The number of methoxy groups -OCH3 is 1. The molecule has 0 aliphatic carbocycles. The lowest BCUT2D eigenvalue weighted by atomic mass is 10.2. The van der Waals surface area contributed by atoms with Crippen molar-refractivity contribution in [3.63, 3.8) is 0 Å². The van der Waals surface area contributed by atoms with E-state index in [0.29, 0.717) is 0 Å². The van der Waals surface area contributed by atoms with Gasteiger partial charge in [-0.25, -0.2) is 4.79 Å². The Morgan fingerprint density at radius 1 is 1.50 bits per heavy atom. The zero-order valence-corrected chi connectivity index (χ0v) is 10.7. The minimum absolute atomic E-state index is 0.00563. The third-order valence-corrected chi connectivity index (χ3v) is 2.44. The summed E-state index contributed by atoms with van der Waals surface area (Å²) < 4.78 is 4.65.